The lowest BCUT2D eigenvalue weighted by Crippen LogP contribution is -2.24. The van der Waals surface area contributed by atoms with E-state index in [1.165, 1.54) is 44.5 Å². The Bertz CT molecular complexity index is 448. The van der Waals surface area contributed by atoms with Crippen LogP contribution in [0.25, 0.3) is 0 Å². The van der Waals surface area contributed by atoms with Crippen molar-refractivity contribution < 1.29 is 13.0 Å². The van der Waals surface area contributed by atoms with Crippen molar-refractivity contribution in [2.75, 3.05) is 20.1 Å². The molecule has 1 aromatic rings. The number of likely N-dealkylation sites (tertiary alicyclic amines) is 1. The lowest BCUT2D eigenvalue weighted by Gasteiger charge is -2.20. The van der Waals surface area contributed by atoms with E-state index in [0.717, 1.165) is 5.56 Å². The summed E-state index contributed by atoms with van der Waals surface area (Å²) < 4.78 is 29.6. The van der Waals surface area contributed by atoms with E-state index >= 15 is 0 Å². The quantitative estimate of drug-likeness (QED) is 0.797. The van der Waals surface area contributed by atoms with Crippen LogP contribution in [-0.4, -0.2) is 38.0 Å². The minimum Gasteiger partial charge on any atom is -0.306 e. The van der Waals surface area contributed by atoms with Crippen LogP contribution in [0.15, 0.2) is 29.2 Å². The van der Waals surface area contributed by atoms with Crippen LogP contribution in [0.5, 0.6) is 0 Å². The van der Waals surface area contributed by atoms with Crippen molar-refractivity contribution in [1.82, 2.24) is 4.90 Å². The highest BCUT2D eigenvalue weighted by atomic mass is 32.2. The molecule has 0 saturated carbocycles. The molecule has 1 N–H and O–H groups in total. The molecule has 1 fully saturated rings. The number of aryl methyl sites for hydroxylation is 1. The summed E-state index contributed by atoms with van der Waals surface area (Å²) in [5.41, 5.74) is 0.956. The fourth-order valence-electron chi connectivity index (χ4n) is 1.76. The summed E-state index contributed by atoms with van der Waals surface area (Å²) in [6, 6.07) is 5.99. The van der Waals surface area contributed by atoms with Gasteiger partial charge in [0.05, 0.1) is 4.90 Å². The Morgan fingerprint density at radius 1 is 1.06 bits per heavy atom. The third-order valence-electron chi connectivity index (χ3n) is 2.90. The Morgan fingerprint density at radius 2 is 1.56 bits per heavy atom. The van der Waals surface area contributed by atoms with Crippen LogP contribution in [-0.2, 0) is 10.1 Å². The molecule has 18 heavy (non-hydrogen) atoms. The van der Waals surface area contributed by atoms with Crippen molar-refractivity contribution in [2.24, 2.45) is 0 Å². The maximum absolute atomic E-state index is 10.5. The van der Waals surface area contributed by atoms with Gasteiger partial charge in [-0.3, -0.25) is 4.55 Å². The van der Waals surface area contributed by atoms with Crippen molar-refractivity contribution in [1.29, 1.82) is 0 Å². The molecule has 1 aliphatic heterocycles. The van der Waals surface area contributed by atoms with E-state index in [0.29, 0.717) is 0 Å². The van der Waals surface area contributed by atoms with E-state index in [9.17, 15) is 8.42 Å². The van der Waals surface area contributed by atoms with Crippen LogP contribution in [0.4, 0.5) is 0 Å². The molecule has 1 saturated heterocycles. The van der Waals surface area contributed by atoms with Crippen molar-refractivity contribution in [3.63, 3.8) is 0 Å². The van der Waals surface area contributed by atoms with E-state index in [2.05, 4.69) is 11.9 Å². The largest absolute Gasteiger partial charge is 0.306 e. The summed E-state index contributed by atoms with van der Waals surface area (Å²) >= 11 is 0. The molecule has 0 amide bonds. The van der Waals surface area contributed by atoms with Gasteiger partial charge >= 0.3 is 0 Å². The molecular weight excluding hydrogens is 250 g/mol. The van der Waals surface area contributed by atoms with Crippen LogP contribution in [0, 0.1) is 6.92 Å². The summed E-state index contributed by atoms with van der Waals surface area (Å²) in [5, 5.41) is 0. The van der Waals surface area contributed by atoms with Crippen molar-refractivity contribution in [3.8, 4) is 0 Å². The highest BCUT2D eigenvalue weighted by Crippen LogP contribution is 2.08. The number of piperidine rings is 1. The molecule has 0 bridgehead atoms. The van der Waals surface area contributed by atoms with Gasteiger partial charge in [-0.05, 0) is 52.0 Å². The van der Waals surface area contributed by atoms with Crippen LogP contribution in [0.3, 0.4) is 0 Å². The molecule has 2 rings (SSSR count). The zero-order valence-corrected chi connectivity index (χ0v) is 11.8. The predicted octanol–water partition coefficient (Wildman–Crippen LogP) is 2.34. The minimum atomic E-state index is -4.02. The molecule has 0 aliphatic carbocycles. The van der Waals surface area contributed by atoms with E-state index in [1.54, 1.807) is 12.1 Å². The summed E-state index contributed by atoms with van der Waals surface area (Å²) in [5.74, 6) is 0. The van der Waals surface area contributed by atoms with Crippen molar-refractivity contribution >= 4 is 10.1 Å². The van der Waals surface area contributed by atoms with Gasteiger partial charge < -0.3 is 4.90 Å². The topological polar surface area (TPSA) is 57.6 Å². The highest BCUT2D eigenvalue weighted by molar-refractivity contribution is 7.85. The Labute approximate surface area is 109 Å². The van der Waals surface area contributed by atoms with Gasteiger partial charge in [-0.15, -0.1) is 0 Å². The Kier molecular flexibility index (Phi) is 5.78. The van der Waals surface area contributed by atoms with Crippen LogP contribution in [0.1, 0.15) is 24.8 Å². The average Bonchev–Trinajstić information content (AvgIpc) is 2.30. The zero-order valence-electron chi connectivity index (χ0n) is 11.0. The van der Waals surface area contributed by atoms with Crippen molar-refractivity contribution in [2.45, 2.75) is 31.1 Å². The van der Waals surface area contributed by atoms with Gasteiger partial charge in [-0.2, -0.15) is 8.42 Å². The summed E-state index contributed by atoms with van der Waals surface area (Å²) in [7, 11) is -1.83. The van der Waals surface area contributed by atoms with Crippen LogP contribution in [0.2, 0.25) is 0 Å². The molecule has 1 heterocycles. The second-order valence-electron chi connectivity index (χ2n) is 4.65. The van der Waals surface area contributed by atoms with Gasteiger partial charge in [-0.1, -0.05) is 24.1 Å². The van der Waals surface area contributed by atoms with Gasteiger partial charge in [0.2, 0.25) is 0 Å². The molecular formula is C13H21NO3S. The van der Waals surface area contributed by atoms with E-state index in [1.807, 2.05) is 6.92 Å². The molecule has 4 nitrogen and oxygen atoms in total. The number of rotatable bonds is 1. The number of hydrogen-bond acceptors (Lipinski definition) is 3. The monoisotopic (exact) mass is 271 g/mol. The maximum atomic E-state index is 10.5. The second kappa shape index (κ2) is 6.87. The fourth-order valence-corrected chi connectivity index (χ4v) is 2.24. The molecule has 0 unspecified atom stereocenters. The molecule has 1 aliphatic rings. The SMILES string of the molecule is CN1CCCCC1.Cc1ccc(S(=O)(=O)O)cc1. The first-order valence-electron chi connectivity index (χ1n) is 6.12. The number of benzene rings is 1. The third kappa shape index (κ3) is 5.62. The standard InChI is InChI=1S/C7H8O3S.C6H13N/c1-6-2-4-7(5-3-6)11(8,9)10;1-7-5-3-2-4-6-7/h2-5H,1H3,(H,8,9,10);2-6H2,1H3. The van der Waals surface area contributed by atoms with Crippen LogP contribution < -0.4 is 0 Å². The number of nitrogens with zero attached hydrogens (tertiary/aromatic N) is 1. The average molecular weight is 271 g/mol. The molecule has 0 atom stereocenters. The van der Waals surface area contributed by atoms with Crippen molar-refractivity contribution in [3.05, 3.63) is 29.8 Å². The first-order chi connectivity index (χ1) is 8.39. The normalized spacial score (nSPS) is 16.8. The Hall–Kier alpha value is -0.910. The predicted molar refractivity (Wildman–Crippen MR) is 72.3 cm³/mol. The van der Waals surface area contributed by atoms with E-state index in [-0.39, 0.29) is 4.90 Å². The van der Waals surface area contributed by atoms with E-state index < -0.39 is 10.1 Å². The summed E-state index contributed by atoms with van der Waals surface area (Å²) in [6.07, 6.45) is 4.28. The Balaban J connectivity index is 0.000000199. The van der Waals surface area contributed by atoms with Gasteiger partial charge in [0, 0.05) is 0 Å². The fraction of sp³-hybridized carbons (Fsp3) is 0.538. The first-order valence-corrected chi connectivity index (χ1v) is 7.56. The lowest BCUT2D eigenvalue weighted by atomic mass is 10.1. The summed E-state index contributed by atoms with van der Waals surface area (Å²) in [4.78, 5) is 2.33. The molecule has 1 aromatic carbocycles. The number of hydrogen-bond donors (Lipinski definition) is 1. The summed E-state index contributed by atoms with van der Waals surface area (Å²) in [6.45, 7) is 4.48. The van der Waals surface area contributed by atoms with Gasteiger partial charge in [0.15, 0.2) is 0 Å². The Morgan fingerprint density at radius 3 is 1.89 bits per heavy atom. The highest BCUT2D eigenvalue weighted by Gasteiger charge is 2.06. The van der Waals surface area contributed by atoms with Gasteiger partial charge in [-0.25, -0.2) is 0 Å². The van der Waals surface area contributed by atoms with Gasteiger partial charge in [0.25, 0.3) is 10.1 Å². The van der Waals surface area contributed by atoms with Gasteiger partial charge in [0.1, 0.15) is 0 Å². The third-order valence-corrected chi connectivity index (χ3v) is 3.77. The zero-order chi connectivity index (χ0) is 13.6. The second-order valence-corrected chi connectivity index (χ2v) is 6.07. The molecule has 0 aromatic heterocycles. The first kappa shape index (κ1) is 15.1. The maximum Gasteiger partial charge on any atom is 0.294 e. The minimum absolute atomic E-state index is 0.0666. The lowest BCUT2D eigenvalue weighted by molar-refractivity contribution is 0.277. The van der Waals surface area contributed by atoms with E-state index in [4.69, 9.17) is 4.55 Å². The van der Waals surface area contributed by atoms with Crippen LogP contribution >= 0.6 is 0 Å². The molecule has 0 radical (unpaired) electrons. The molecule has 5 heteroatoms. The molecule has 102 valence electrons. The molecule has 0 spiro atoms. The smallest absolute Gasteiger partial charge is 0.294 e.